The van der Waals surface area contributed by atoms with E-state index in [-0.39, 0.29) is 29.4 Å². The average molecular weight is 386 g/mol. The first kappa shape index (κ1) is 19.7. The zero-order valence-electron chi connectivity index (χ0n) is 15.6. The van der Waals surface area contributed by atoms with E-state index in [9.17, 15) is 24.0 Å². The lowest BCUT2D eigenvalue weighted by atomic mass is 9.81. The second kappa shape index (κ2) is 8.33. The van der Waals surface area contributed by atoms with Crippen LogP contribution in [0, 0.1) is 11.8 Å². The maximum absolute atomic E-state index is 12.3. The topological polar surface area (TPSA) is 110 Å². The van der Waals surface area contributed by atoms with Gasteiger partial charge in [-0.15, -0.1) is 0 Å². The van der Waals surface area contributed by atoms with Crippen LogP contribution in [0.5, 0.6) is 0 Å². The number of likely N-dealkylation sites (tertiary alicyclic amines) is 1. The number of hydrogen-bond acceptors (Lipinski definition) is 6. The number of nitrogens with zero attached hydrogens (tertiary/aromatic N) is 1. The summed E-state index contributed by atoms with van der Waals surface area (Å²) in [4.78, 5) is 61.0. The van der Waals surface area contributed by atoms with Crippen LogP contribution in [0.2, 0.25) is 0 Å². The Hall–Kier alpha value is -3.03. The number of carbonyl (C=O) groups excluding carboxylic acids is 5. The molecule has 1 aliphatic carbocycles. The van der Waals surface area contributed by atoms with Gasteiger partial charge < -0.3 is 10.1 Å². The first-order valence-corrected chi connectivity index (χ1v) is 9.28. The lowest BCUT2D eigenvalue weighted by Crippen LogP contribution is -2.37. The van der Waals surface area contributed by atoms with E-state index in [1.165, 1.54) is 13.0 Å². The smallest absolute Gasteiger partial charge is 0.326 e. The summed E-state index contributed by atoms with van der Waals surface area (Å²) in [6.07, 6.45) is 3.15. The first-order chi connectivity index (χ1) is 13.4. The monoisotopic (exact) mass is 386 g/mol. The summed E-state index contributed by atoms with van der Waals surface area (Å²) in [7, 11) is 0. The van der Waals surface area contributed by atoms with Gasteiger partial charge in [-0.05, 0) is 31.9 Å². The number of ether oxygens (including phenoxy) is 1. The highest BCUT2D eigenvalue weighted by atomic mass is 16.5. The van der Waals surface area contributed by atoms with Crippen molar-refractivity contribution in [3.05, 3.63) is 29.8 Å². The molecule has 2 atom stereocenters. The van der Waals surface area contributed by atoms with Gasteiger partial charge in [0.05, 0.1) is 11.8 Å². The molecule has 1 aliphatic heterocycles. The maximum Gasteiger partial charge on any atom is 0.326 e. The van der Waals surface area contributed by atoms with Gasteiger partial charge in [-0.25, -0.2) is 0 Å². The van der Waals surface area contributed by atoms with E-state index < -0.39 is 25.0 Å². The van der Waals surface area contributed by atoms with E-state index in [0.29, 0.717) is 24.1 Å². The van der Waals surface area contributed by atoms with Gasteiger partial charge in [0.15, 0.2) is 12.4 Å². The molecule has 8 nitrogen and oxygen atoms in total. The highest BCUT2D eigenvalue weighted by Gasteiger charge is 2.48. The third kappa shape index (κ3) is 4.27. The molecular formula is C20H22N2O6. The van der Waals surface area contributed by atoms with Crippen molar-refractivity contribution < 1.29 is 28.7 Å². The highest BCUT2D eigenvalue weighted by Crippen LogP contribution is 2.37. The molecular weight excluding hydrogens is 364 g/mol. The molecule has 0 radical (unpaired) electrons. The number of fused-ring (bicyclic) bond motifs is 1. The molecule has 148 valence electrons. The number of imide groups is 1. The fourth-order valence-electron chi connectivity index (χ4n) is 3.72. The van der Waals surface area contributed by atoms with Gasteiger partial charge in [-0.3, -0.25) is 28.9 Å². The van der Waals surface area contributed by atoms with Crippen LogP contribution in [0.4, 0.5) is 5.69 Å². The van der Waals surface area contributed by atoms with Crippen LogP contribution in [-0.2, 0) is 23.9 Å². The second-order valence-corrected chi connectivity index (χ2v) is 7.11. The Bertz CT molecular complexity index is 810. The van der Waals surface area contributed by atoms with Crippen molar-refractivity contribution in [2.24, 2.45) is 11.8 Å². The van der Waals surface area contributed by atoms with Crippen LogP contribution in [0.15, 0.2) is 24.3 Å². The third-order valence-electron chi connectivity index (χ3n) is 5.14. The predicted octanol–water partition coefficient (Wildman–Crippen LogP) is 1.55. The van der Waals surface area contributed by atoms with Crippen molar-refractivity contribution in [2.75, 3.05) is 18.5 Å². The van der Waals surface area contributed by atoms with E-state index in [1.54, 1.807) is 18.2 Å². The van der Waals surface area contributed by atoms with Gasteiger partial charge in [0, 0.05) is 11.3 Å². The molecule has 2 aliphatic rings. The van der Waals surface area contributed by atoms with Crippen molar-refractivity contribution in [3.8, 4) is 0 Å². The maximum atomic E-state index is 12.3. The van der Waals surface area contributed by atoms with Crippen molar-refractivity contribution in [1.29, 1.82) is 0 Å². The lowest BCUT2D eigenvalue weighted by Gasteiger charge is -2.19. The summed E-state index contributed by atoms with van der Waals surface area (Å²) < 4.78 is 4.90. The Morgan fingerprint density at radius 1 is 1.11 bits per heavy atom. The molecule has 1 N–H and O–H groups in total. The fourth-order valence-corrected chi connectivity index (χ4v) is 3.72. The van der Waals surface area contributed by atoms with Gasteiger partial charge in [-0.1, -0.05) is 25.0 Å². The van der Waals surface area contributed by atoms with Crippen LogP contribution in [-0.4, -0.2) is 47.5 Å². The normalized spacial score (nSPS) is 21.2. The second-order valence-electron chi connectivity index (χ2n) is 7.11. The zero-order chi connectivity index (χ0) is 20.3. The number of hydrogen-bond donors (Lipinski definition) is 1. The summed E-state index contributed by atoms with van der Waals surface area (Å²) in [6.45, 7) is 0.393. The van der Waals surface area contributed by atoms with Crippen molar-refractivity contribution in [3.63, 3.8) is 0 Å². The van der Waals surface area contributed by atoms with Crippen molar-refractivity contribution in [1.82, 2.24) is 4.90 Å². The molecule has 0 spiro atoms. The summed E-state index contributed by atoms with van der Waals surface area (Å²) >= 11 is 0. The number of amides is 3. The Balaban J connectivity index is 1.49. The number of carbonyl (C=O) groups is 5. The minimum absolute atomic E-state index is 0.136. The number of anilines is 1. The van der Waals surface area contributed by atoms with Crippen molar-refractivity contribution in [2.45, 2.75) is 32.6 Å². The molecule has 8 heteroatoms. The minimum Gasteiger partial charge on any atom is -0.454 e. The zero-order valence-corrected chi connectivity index (χ0v) is 15.6. The highest BCUT2D eigenvalue weighted by molar-refractivity contribution is 6.07. The molecule has 2 fully saturated rings. The van der Waals surface area contributed by atoms with E-state index in [1.807, 2.05) is 0 Å². The molecule has 1 aromatic carbocycles. The lowest BCUT2D eigenvalue weighted by molar-refractivity contribution is -0.154. The number of esters is 1. The molecule has 1 saturated carbocycles. The summed E-state index contributed by atoms with van der Waals surface area (Å²) in [5, 5.41) is 2.53. The number of nitrogens with one attached hydrogen (secondary N) is 1. The average Bonchev–Trinajstić information content (AvgIpc) is 2.92. The summed E-state index contributed by atoms with van der Waals surface area (Å²) in [5.41, 5.74) is 0.852. The standard InChI is InChI=1S/C20H22N2O6/c1-12(23)13-5-4-6-14(9-13)21-17(24)11-28-18(25)10-22-19(26)15-7-2-3-8-16(15)20(22)27/h4-6,9,15-16H,2-3,7-8,10-11H2,1H3,(H,21,24)/t15-,16-/m0/s1. The molecule has 0 unspecified atom stereocenters. The van der Waals surface area contributed by atoms with E-state index >= 15 is 0 Å². The van der Waals surface area contributed by atoms with Crippen LogP contribution in [0.1, 0.15) is 43.0 Å². The van der Waals surface area contributed by atoms with Crippen LogP contribution in [0.3, 0.4) is 0 Å². The van der Waals surface area contributed by atoms with Gasteiger partial charge in [0.2, 0.25) is 11.8 Å². The summed E-state index contributed by atoms with van der Waals surface area (Å²) in [6, 6.07) is 6.38. The molecule has 0 bridgehead atoms. The molecule has 1 heterocycles. The number of ketones is 1. The molecule has 28 heavy (non-hydrogen) atoms. The Morgan fingerprint density at radius 2 is 1.75 bits per heavy atom. The molecule has 3 rings (SSSR count). The van der Waals surface area contributed by atoms with Gasteiger partial charge in [-0.2, -0.15) is 0 Å². The van der Waals surface area contributed by atoms with Crippen LogP contribution >= 0.6 is 0 Å². The number of Topliss-reactive ketones (excluding diaryl/α,β-unsaturated/α-hetero) is 1. The summed E-state index contributed by atoms with van der Waals surface area (Å²) in [5.74, 6) is -2.83. The van der Waals surface area contributed by atoms with Crippen LogP contribution < -0.4 is 5.32 Å². The molecule has 3 amide bonds. The largest absolute Gasteiger partial charge is 0.454 e. The van der Waals surface area contributed by atoms with Gasteiger partial charge in [0.1, 0.15) is 6.54 Å². The molecule has 1 saturated heterocycles. The quantitative estimate of drug-likeness (QED) is 0.451. The van der Waals surface area contributed by atoms with Crippen LogP contribution in [0.25, 0.3) is 0 Å². The van der Waals surface area contributed by atoms with Crippen molar-refractivity contribution >= 4 is 35.2 Å². The number of benzene rings is 1. The van der Waals surface area contributed by atoms with E-state index in [4.69, 9.17) is 4.74 Å². The first-order valence-electron chi connectivity index (χ1n) is 9.28. The molecule has 1 aromatic rings. The van der Waals surface area contributed by atoms with Gasteiger partial charge >= 0.3 is 5.97 Å². The van der Waals surface area contributed by atoms with E-state index in [0.717, 1.165) is 17.7 Å². The van der Waals surface area contributed by atoms with Gasteiger partial charge in [0.25, 0.3) is 5.91 Å². The molecule has 0 aromatic heterocycles. The Morgan fingerprint density at radius 3 is 2.36 bits per heavy atom. The van der Waals surface area contributed by atoms with E-state index in [2.05, 4.69) is 5.32 Å². The Labute approximate surface area is 162 Å². The minimum atomic E-state index is -0.812. The fraction of sp³-hybridized carbons (Fsp3) is 0.450. The third-order valence-corrected chi connectivity index (χ3v) is 5.14. The Kier molecular flexibility index (Phi) is 5.87. The SMILES string of the molecule is CC(=O)c1cccc(NC(=O)COC(=O)CN2C(=O)[C@H]3CCCC[C@@H]3C2=O)c1. The predicted molar refractivity (Wildman–Crippen MR) is 98.2 cm³/mol. The number of rotatable bonds is 6.